The number of pyridine rings is 1. The summed E-state index contributed by atoms with van der Waals surface area (Å²) in [4.78, 5) is 60.1. The normalized spacial score (nSPS) is 27.8. The van der Waals surface area contributed by atoms with E-state index in [1.54, 1.807) is 7.11 Å². The van der Waals surface area contributed by atoms with Crippen molar-refractivity contribution in [3.63, 3.8) is 0 Å². The molecule has 7 rings (SSSR count). The fourth-order valence-corrected chi connectivity index (χ4v) is 10.9. The van der Waals surface area contributed by atoms with Gasteiger partial charge in [0, 0.05) is 41.6 Å². The van der Waals surface area contributed by atoms with E-state index in [2.05, 4.69) is 10.6 Å². The van der Waals surface area contributed by atoms with E-state index >= 15 is 0 Å². The Balaban J connectivity index is 1.22. The molecular formula is C42H53N4O8P. The van der Waals surface area contributed by atoms with Crippen LogP contribution < -0.4 is 20.1 Å². The topological polar surface area (TPSA) is 156 Å². The second kappa shape index (κ2) is 16.8. The molecule has 0 spiro atoms. The maximum absolute atomic E-state index is 14.7. The van der Waals surface area contributed by atoms with Crippen LogP contribution in [0.25, 0.3) is 22.2 Å². The molecule has 294 valence electrons. The summed E-state index contributed by atoms with van der Waals surface area (Å²) in [5.74, 6) is -0.00987. The molecule has 1 unspecified atom stereocenters. The summed E-state index contributed by atoms with van der Waals surface area (Å²) in [6, 6.07) is 15.2. The number of hydrogen-bond acceptors (Lipinski definition) is 8. The largest absolute Gasteiger partial charge is 0.497 e. The zero-order valence-electron chi connectivity index (χ0n) is 31.8. The fourth-order valence-electron chi connectivity index (χ4n) is 8.49. The van der Waals surface area contributed by atoms with Crippen LogP contribution in [0.15, 0.2) is 66.7 Å². The first-order chi connectivity index (χ1) is 26.6. The Morgan fingerprint density at radius 3 is 2.58 bits per heavy atom. The Hall–Kier alpha value is -4.41. The maximum atomic E-state index is 14.7. The minimum atomic E-state index is -3.82. The number of allylic oxidation sites excluding steroid dienone is 1. The highest BCUT2D eigenvalue weighted by molar-refractivity contribution is 7.60. The number of benzene rings is 2. The minimum absolute atomic E-state index is 0.0650. The number of carbonyl (C=O) groups is 3. The van der Waals surface area contributed by atoms with Crippen molar-refractivity contribution in [3.05, 3.63) is 66.7 Å². The molecule has 2 saturated carbocycles. The molecule has 6 atom stereocenters. The summed E-state index contributed by atoms with van der Waals surface area (Å²) in [7, 11) is -2.22. The molecule has 3 heterocycles. The SMILES string of the molecule is CCCP(=O)(O)[C@@]12C[C@H]1/C=C\CCCCC[C@H](NC(=O)OC1CCCC1)C(=O)N1C[C@H](Oc3cc(-c4ccccc4)nc4cc(OC)ccc34)C[C@H]1C(=O)N2. The molecule has 3 amide bonds. The number of amides is 3. The molecule has 3 fully saturated rings. The predicted octanol–water partition coefficient (Wildman–Crippen LogP) is 7.33. The number of aromatic nitrogens is 1. The van der Waals surface area contributed by atoms with Crippen LogP contribution in [-0.2, 0) is 18.9 Å². The molecule has 4 aliphatic rings. The maximum Gasteiger partial charge on any atom is 0.408 e. The third-order valence-corrected chi connectivity index (χ3v) is 14.5. The van der Waals surface area contributed by atoms with Crippen LogP contribution in [0.4, 0.5) is 4.79 Å². The van der Waals surface area contributed by atoms with Gasteiger partial charge < -0.3 is 34.6 Å². The van der Waals surface area contributed by atoms with Crippen molar-refractivity contribution in [2.24, 2.45) is 5.92 Å². The van der Waals surface area contributed by atoms with Crippen molar-refractivity contribution in [1.29, 1.82) is 0 Å². The summed E-state index contributed by atoms with van der Waals surface area (Å²) in [6.07, 6.45) is 10.7. The molecule has 0 bridgehead atoms. The molecule has 2 aliphatic heterocycles. The summed E-state index contributed by atoms with van der Waals surface area (Å²) in [5, 5.41) is 5.33. The second-order valence-corrected chi connectivity index (χ2v) is 18.1. The number of fused-ring (bicyclic) bond motifs is 3. The van der Waals surface area contributed by atoms with Gasteiger partial charge in [-0.3, -0.25) is 14.2 Å². The van der Waals surface area contributed by atoms with E-state index in [0.717, 1.165) is 55.9 Å². The second-order valence-electron chi connectivity index (χ2n) is 15.5. The van der Waals surface area contributed by atoms with E-state index in [4.69, 9.17) is 19.2 Å². The number of nitrogens with zero attached hydrogens (tertiary/aromatic N) is 2. The lowest BCUT2D eigenvalue weighted by Gasteiger charge is -2.31. The van der Waals surface area contributed by atoms with Crippen molar-refractivity contribution < 1.29 is 38.1 Å². The summed E-state index contributed by atoms with van der Waals surface area (Å²) in [6.45, 7) is 1.92. The summed E-state index contributed by atoms with van der Waals surface area (Å²) in [5.41, 5.74) is 2.24. The number of rotatable bonds is 9. The first-order valence-electron chi connectivity index (χ1n) is 19.9. The predicted molar refractivity (Wildman–Crippen MR) is 210 cm³/mol. The number of carbonyl (C=O) groups excluding carboxylic acids is 3. The smallest absolute Gasteiger partial charge is 0.408 e. The van der Waals surface area contributed by atoms with Crippen molar-refractivity contribution in [2.75, 3.05) is 19.8 Å². The lowest BCUT2D eigenvalue weighted by molar-refractivity contribution is -0.140. The highest BCUT2D eigenvalue weighted by Crippen LogP contribution is 2.69. The Morgan fingerprint density at radius 2 is 1.82 bits per heavy atom. The zero-order chi connectivity index (χ0) is 38.6. The van der Waals surface area contributed by atoms with E-state index < -0.39 is 48.7 Å². The molecule has 1 aromatic heterocycles. The van der Waals surface area contributed by atoms with Gasteiger partial charge in [-0.2, -0.15) is 0 Å². The fraction of sp³-hybridized carbons (Fsp3) is 0.524. The van der Waals surface area contributed by atoms with Crippen LogP contribution in [0.1, 0.15) is 84.0 Å². The minimum Gasteiger partial charge on any atom is -0.497 e. The molecule has 12 nitrogen and oxygen atoms in total. The first-order valence-corrected chi connectivity index (χ1v) is 21.7. The number of hydrogen-bond donors (Lipinski definition) is 3. The molecule has 2 aromatic carbocycles. The van der Waals surface area contributed by atoms with E-state index in [0.29, 0.717) is 48.4 Å². The highest BCUT2D eigenvalue weighted by Gasteiger charge is 2.65. The first kappa shape index (κ1) is 38.8. The molecule has 3 aromatic rings. The van der Waals surface area contributed by atoms with Crippen LogP contribution in [0.3, 0.4) is 0 Å². The standard InChI is InChI=1S/C42H53N4O8P/c1-3-22-55(50,51)42-26-29(42)16-10-5-4-6-11-19-34(44-41(49)54-30-17-12-13-18-30)40(48)46-27-32(24-37(46)39(47)45-42)53-38-25-35(28-14-8-7-9-15-28)43-36-23-31(52-2)20-21-33(36)38/h7-10,14-16,20-21,23,25,29-30,32,34,37H,3-6,11-13,17-19,22,24,26-27H2,1-2H3,(H,44,49)(H,45,47)(H,50,51)/b16-10-/t29-,32-,34+,37+,42+/m1/s1. The molecular weight excluding hydrogens is 719 g/mol. The van der Waals surface area contributed by atoms with E-state index in [1.807, 2.05) is 73.7 Å². The van der Waals surface area contributed by atoms with Crippen molar-refractivity contribution >= 4 is 36.2 Å². The number of ether oxygens (including phenoxy) is 3. The van der Waals surface area contributed by atoms with Gasteiger partial charge in [0.15, 0.2) is 0 Å². The summed E-state index contributed by atoms with van der Waals surface area (Å²) >= 11 is 0. The average molecular weight is 773 g/mol. The van der Waals surface area contributed by atoms with Gasteiger partial charge in [-0.15, -0.1) is 0 Å². The Bertz CT molecular complexity index is 1950. The number of methoxy groups -OCH3 is 1. The Labute approximate surface area is 322 Å². The molecule has 55 heavy (non-hydrogen) atoms. The van der Waals surface area contributed by atoms with Gasteiger partial charge in [-0.05, 0) is 69.9 Å². The molecule has 2 aliphatic carbocycles. The number of nitrogens with one attached hydrogen (secondary N) is 2. The van der Waals surface area contributed by atoms with E-state index in [-0.39, 0.29) is 31.1 Å². The van der Waals surface area contributed by atoms with Gasteiger partial charge in [-0.25, -0.2) is 9.78 Å². The van der Waals surface area contributed by atoms with Gasteiger partial charge in [0.25, 0.3) is 0 Å². The Kier molecular flexibility index (Phi) is 11.8. The van der Waals surface area contributed by atoms with Crippen LogP contribution in [0, 0.1) is 5.92 Å². The van der Waals surface area contributed by atoms with E-state index in [1.165, 1.54) is 4.90 Å². The number of alkyl carbamates (subject to hydrolysis) is 1. The van der Waals surface area contributed by atoms with Crippen molar-refractivity contribution in [3.8, 4) is 22.8 Å². The van der Waals surface area contributed by atoms with Crippen LogP contribution >= 0.6 is 7.37 Å². The van der Waals surface area contributed by atoms with Gasteiger partial charge >= 0.3 is 6.09 Å². The zero-order valence-corrected chi connectivity index (χ0v) is 32.7. The molecule has 0 radical (unpaired) electrons. The van der Waals surface area contributed by atoms with Gasteiger partial charge in [0.1, 0.15) is 41.1 Å². The third kappa shape index (κ3) is 8.55. The van der Waals surface area contributed by atoms with Crippen LogP contribution in [0.2, 0.25) is 0 Å². The van der Waals surface area contributed by atoms with Crippen LogP contribution in [-0.4, -0.2) is 82.1 Å². The summed E-state index contributed by atoms with van der Waals surface area (Å²) < 4.78 is 31.9. The Morgan fingerprint density at radius 1 is 1.04 bits per heavy atom. The lowest BCUT2D eigenvalue weighted by Crippen LogP contribution is -2.55. The average Bonchev–Trinajstić information content (AvgIpc) is 3.45. The third-order valence-electron chi connectivity index (χ3n) is 11.6. The monoisotopic (exact) mass is 772 g/mol. The van der Waals surface area contributed by atoms with Gasteiger partial charge in [-0.1, -0.05) is 62.2 Å². The highest BCUT2D eigenvalue weighted by atomic mass is 31.2. The lowest BCUT2D eigenvalue weighted by atomic mass is 10.0. The van der Waals surface area contributed by atoms with Gasteiger partial charge in [0.05, 0.1) is 24.9 Å². The molecule has 1 saturated heterocycles. The van der Waals surface area contributed by atoms with Gasteiger partial charge in [0.2, 0.25) is 19.2 Å². The van der Waals surface area contributed by atoms with Crippen molar-refractivity contribution in [1.82, 2.24) is 20.5 Å². The molecule has 3 N–H and O–H groups in total. The van der Waals surface area contributed by atoms with Crippen LogP contribution in [0.5, 0.6) is 11.5 Å². The van der Waals surface area contributed by atoms with E-state index in [9.17, 15) is 23.8 Å². The molecule has 13 heteroatoms. The van der Waals surface area contributed by atoms with Crippen molar-refractivity contribution in [2.45, 2.75) is 114 Å². The quantitative estimate of drug-likeness (QED) is 0.150.